The lowest BCUT2D eigenvalue weighted by Gasteiger charge is -2.22. The number of hydrogen-bond donors (Lipinski definition) is 3. The number of hydrogen-bond acceptors (Lipinski definition) is 4. The SMILES string of the molecule is O=C1CN(C(=O)c2ccc[nH]2)CCCNC(=O)c2cc(Cl)ccc2OCCN1. The van der Waals surface area contributed by atoms with E-state index in [0.717, 1.165) is 0 Å². The number of nitrogens with zero attached hydrogens (tertiary/aromatic N) is 1. The lowest BCUT2D eigenvalue weighted by molar-refractivity contribution is -0.121. The summed E-state index contributed by atoms with van der Waals surface area (Å²) in [5.41, 5.74) is 0.736. The average molecular weight is 405 g/mol. The van der Waals surface area contributed by atoms with E-state index in [4.69, 9.17) is 16.3 Å². The van der Waals surface area contributed by atoms with Gasteiger partial charge in [-0.2, -0.15) is 0 Å². The van der Waals surface area contributed by atoms with Gasteiger partial charge in [-0.25, -0.2) is 0 Å². The van der Waals surface area contributed by atoms with Crippen LogP contribution in [-0.4, -0.2) is 60.4 Å². The van der Waals surface area contributed by atoms with Gasteiger partial charge in [-0.05, 0) is 36.8 Å². The van der Waals surface area contributed by atoms with Gasteiger partial charge in [0.1, 0.15) is 18.1 Å². The van der Waals surface area contributed by atoms with Gasteiger partial charge in [-0.1, -0.05) is 11.6 Å². The zero-order valence-corrected chi connectivity index (χ0v) is 15.9. The van der Waals surface area contributed by atoms with E-state index < -0.39 is 0 Å². The second-order valence-corrected chi connectivity index (χ2v) is 6.70. The number of rotatable bonds is 1. The molecule has 0 radical (unpaired) electrons. The summed E-state index contributed by atoms with van der Waals surface area (Å²) in [7, 11) is 0. The molecule has 0 fully saturated rings. The molecule has 1 aliphatic heterocycles. The van der Waals surface area contributed by atoms with Crippen LogP contribution in [0.1, 0.15) is 27.3 Å². The minimum atomic E-state index is -0.305. The Balaban J connectivity index is 1.73. The van der Waals surface area contributed by atoms with Crippen LogP contribution in [0.2, 0.25) is 5.02 Å². The van der Waals surface area contributed by atoms with E-state index in [1.165, 1.54) is 11.0 Å². The van der Waals surface area contributed by atoms with Crippen LogP contribution >= 0.6 is 11.6 Å². The fraction of sp³-hybridized carbons (Fsp3) is 0.316. The van der Waals surface area contributed by atoms with Gasteiger partial charge in [0.25, 0.3) is 11.8 Å². The molecule has 0 atom stereocenters. The monoisotopic (exact) mass is 404 g/mol. The summed E-state index contributed by atoms with van der Waals surface area (Å²) in [6, 6.07) is 8.18. The number of halogens is 1. The van der Waals surface area contributed by atoms with E-state index in [0.29, 0.717) is 41.5 Å². The summed E-state index contributed by atoms with van der Waals surface area (Å²) in [6.07, 6.45) is 2.14. The van der Waals surface area contributed by atoms with Crippen LogP contribution in [0.3, 0.4) is 0 Å². The van der Waals surface area contributed by atoms with E-state index in [1.807, 2.05) is 0 Å². The molecule has 0 spiro atoms. The number of H-pyrrole nitrogens is 1. The predicted octanol–water partition coefficient (Wildman–Crippen LogP) is 1.44. The molecule has 0 unspecified atom stereocenters. The van der Waals surface area contributed by atoms with Crippen LogP contribution in [-0.2, 0) is 4.79 Å². The molecule has 3 N–H and O–H groups in total. The summed E-state index contributed by atoms with van der Waals surface area (Å²) in [5.74, 6) is -0.453. The van der Waals surface area contributed by atoms with Crippen molar-refractivity contribution in [2.45, 2.75) is 6.42 Å². The molecule has 8 nitrogen and oxygen atoms in total. The van der Waals surface area contributed by atoms with Crippen LogP contribution < -0.4 is 15.4 Å². The number of amides is 3. The molecule has 2 aromatic rings. The molecular formula is C19H21ClN4O4. The quantitative estimate of drug-likeness (QED) is 0.669. The summed E-state index contributed by atoms with van der Waals surface area (Å²) in [6.45, 7) is 1.01. The van der Waals surface area contributed by atoms with Crippen LogP contribution in [0, 0.1) is 0 Å². The summed E-state index contributed by atoms with van der Waals surface area (Å²) >= 11 is 6.00. The Morgan fingerprint density at radius 3 is 2.79 bits per heavy atom. The van der Waals surface area contributed by atoms with Crippen molar-refractivity contribution in [2.75, 3.05) is 32.8 Å². The van der Waals surface area contributed by atoms with Gasteiger partial charge in [-0.3, -0.25) is 14.4 Å². The minimum absolute atomic E-state index is 0.0714. The van der Waals surface area contributed by atoms with Crippen LogP contribution in [0.5, 0.6) is 5.75 Å². The lowest BCUT2D eigenvalue weighted by Crippen LogP contribution is -2.43. The van der Waals surface area contributed by atoms with Crippen molar-refractivity contribution in [1.82, 2.24) is 20.5 Å². The Labute approximate surface area is 167 Å². The van der Waals surface area contributed by atoms with Gasteiger partial charge in [-0.15, -0.1) is 0 Å². The Hall–Kier alpha value is -3.00. The first kappa shape index (κ1) is 19.8. The van der Waals surface area contributed by atoms with E-state index >= 15 is 0 Å². The zero-order valence-electron chi connectivity index (χ0n) is 15.2. The first-order chi connectivity index (χ1) is 13.5. The Kier molecular flexibility index (Phi) is 6.54. The van der Waals surface area contributed by atoms with E-state index in [9.17, 15) is 14.4 Å². The molecule has 1 aliphatic rings. The molecule has 1 aromatic carbocycles. The fourth-order valence-corrected chi connectivity index (χ4v) is 3.01. The normalized spacial score (nSPS) is 16.2. The highest BCUT2D eigenvalue weighted by Crippen LogP contribution is 2.23. The number of benzene rings is 1. The molecule has 3 rings (SSSR count). The van der Waals surface area contributed by atoms with Gasteiger partial charge < -0.3 is 25.3 Å². The van der Waals surface area contributed by atoms with E-state index in [2.05, 4.69) is 15.6 Å². The molecule has 2 heterocycles. The van der Waals surface area contributed by atoms with Crippen molar-refractivity contribution in [2.24, 2.45) is 0 Å². The highest BCUT2D eigenvalue weighted by molar-refractivity contribution is 6.31. The third-order valence-electron chi connectivity index (χ3n) is 4.21. The number of carbonyl (C=O) groups is 3. The largest absolute Gasteiger partial charge is 0.491 e. The maximum atomic E-state index is 12.6. The number of ether oxygens (including phenoxy) is 1. The molecular weight excluding hydrogens is 384 g/mol. The van der Waals surface area contributed by atoms with Crippen molar-refractivity contribution in [3.8, 4) is 5.75 Å². The smallest absolute Gasteiger partial charge is 0.270 e. The number of fused-ring (bicyclic) bond motifs is 1. The Morgan fingerprint density at radius 1 is 1.14 bits per heavy atom. The van der Waals surface area contributed by atoms with Gasteiger partial charge in [0.15, 0.2) is 0 Å². The highest BCUT2D eigenvalue weighted by Gasteiger charge is 2.20. The second kappa shape index (κ2) is 9.27. The van der Waals surface area contributed by atoms with Crippen molar-refractivity contribution in [3.05, 3.63) is 52.8 Å². The topological polar surface area (TPSA) is 104 Å². The first-order valence-corrected chi connectivity index (χ1v) is 9.32. The average Bonchev–Trinajstić information content (AvgIpc) is 3.22. The Bertz CT molecular complexity index is 854. The predicted molar refractivity (Wildman–Crippen MR) is 104 cm³/mol. The van der Waals surface area contributed by atoms with Crippen molar-refractivity contribution < 1.29 is 19.1 Å². The number of aromatic amines is 1. The second-order valence-electron chi connectivity index (χ2n) is 6.26. The fourth-order valence-electron chi connectivity index (χ4n) is 2.84. The molecule has 0 bridgehead atoms. The van der Waals surface area contributed by atoms with Gasteiger partial charge in [0.05, 0.1) is 18.7 Å². The summed E-state index contributed by atoms with van der Waals surface area (Å²) in [4.78, 5) is 41.6. The van der Waals surface area contributed by atoms with E-state index in [-0.39, 0.29) is 37.4 Å². The van der Waals surface area contributed by atoms with Gasteiger partial charge in [0.2, 0.25) is 5.91 Å². The van der Waals surface area contributed by atoms with Crippen molar-refractivity contribution in [3.63, 3.8) is 0 Å². The molecule has 9 heteroatoms. The van der Waals surface area contributed by atoms with Gasteiger partial charge >= 0.3 is 0 Å². The van der Waals surface area contributed by atoms with Gasteiger partial charge in [0, 0.05) is 24.3 Å². The number of nitrogens with one attached hydrogen (secondary N) is 3. The lowest BCUT2D eigenvalue weighted by atomic mass is 10.2. The first-order valence-electron chi connectivity index (χ1n) is 8.94. The zero-order chi connectivity index (χ0) is 19.9. The molecule has 148 valence electrons. The molecule has 1 aromatic heterocycles. The van der Waals surface area contributed by atoms with Crippen LogP contribution in [0.4, 0.5) is 0 Å². The number of carbonyl (C=O) groups excluding carboxylic acids is 3. The van der Waals surface area contributed by atoms with Crippen LogP contribution in [0.15, 0.2) is 36.5 Å². The Morgan fingerprint density at radius 2 is 2.00 bits per heavy atom. The molecule has 3 amide bonds. The maximum Gasteiger partial charge on any atom is 0.270 e. The molecule has 0 saturated heterocycles. The third-order valence-corrected chi connectivity index (χ3v) is 4.44. The summed E-state index contributed by atoms with van der Waals surface area (Å²) in [5, 5.41) is 5.95. The van der Waals surface area contributed by atoms with Crippen molar-refractivity contribution >= 4 is 29.3 Å². The van der Waals surface area contributed by atoms with Crippen molar-refractivity contribution in [1.29, 1.82) is 0 Å². The standard InChI is InChI=1S/C19H21ClN4O4/c20-13-4-5-16-14(11-13)18(26)23-7-2-9-24(12-17(25)22-8-10-28-16)19(27)15-3-1-6-21-15/h1,3-6,11,21H,2,7-10,12H2,(H,22,25)(H,23,26). The third kappa shape index (κ3) is 5.04. The minimum Gasteiger partial charge on any atom is -0.491 e. The van der Waals surface area contributed by atoms with Crippen LogP contribution in [0.25, 0.3) is 0 Å². The molecule has 0 aliphatic carbocycles. The molecule has 0 saturated carbocycles. The summed E-state index contributed by atoms with van der Waals surface area (Å²) < 4.78 is 5.62. The maximum absolute atomic E-state index is 12.6. The highest BCUT2D eigenvalue weighted by atomic mass is 35.5. The van der Waals surface area contributed by atoms with E-state index in [1.54, 1.807) is 30.5 Å². The molecule has 28 heavy (non-hydrogen) atoms. The number of aromatic nitrogens is 1.